The zero-order valence-corrected chi connectivity index (χ0v) is 56.5. The Hall–Kier alpha value is -6.40. The van der Waals surface area contributed by atoms with E-state index in [1.165, 1.54) is 11.1 Å². The van der Waals surface area contributed by atoms with Crippen molar-refractivity contribution in [1.82, 2.24) is 0 Å². The molecule has 9 aromatic carbocycles. The molecule has 0 aromatic heterocycles. The average molecular weight is 1260 g/mol. The number of aryl methyl sites for hydroxylation is 2. The third-order valence-electron chi connectivity index (χ3n) is 10.4. The predicted octanol–water partition coefficient (Wildman–Crippen LogP) is -8.30. The maximum absolute atomic E-state index is 11.4. The summed E-state index contributed by atoms with van der Waals surface area (Å²) in [5.74, 6) is -1.08. The van der Waals surface area contributed by atoms with Crippen LogP contribution in [0.5, 0.6) is 0 Å². The minimum Gasteiger partial charge on any atom is -0.845 e. The summed E-state index contributed by atoms with van der Waals surface area (Å²) < 4.78 is 32.9. The molecule has 0 amide bonds. The van der Waals surface area contributed by atoms with Crippen LogP contribution < -0.4 is 144 Å². The van der Waals surface area contributed by atoms with Gasteiger partial charge >= 0.3 is 119 Å². The molecule has 0 saturated carbocycles. The van der Waals surface area contributed by atoms with Crippen molar-refractivity contribution < 1.29 is 196 Å². The van der Waals surface area contributed by atoms with Crippen molar-refractivity contribution in [3.05, 3.63) is 323 Å². The van der Waals surface area contributed by atoms with Gasteiger partial charge in [-0.2, -0.15) is 0 Å². The van der Waals surface area contributed by atoms with Gasteiger partial charge in [-0.3, -0.25) is 0 Å². The summed E-state index contributed by atoms with van der Waals surface area (Å²) in [5.41, 5.74) is 8.91. The van der Waals surface area contributed by atoms with Gasteiger partial charge in [0, 0.05) is 5.97 Å². The first-order valence-electron chi connectivity index (χ1n) is 27.9. The molecular formula is C72H76Li6O17. The van der Waals surface area contributed by atoms with Crippen LogP contribution in [0.15, 0.2) is 273 Å². The first kappa shape index (κ1) is 99.7. The number of carboxylic acid groups (broad SMARTS) is 3. The van der Waals surface area contributed by atoms with Gasteiger partial charge in [0.05, 0.1) is 39.5 Å². The van der Waals surface area contributed by atoms with E-state index in [4.69, 9.17) is 28.8 Å². The Morgan fingerprint density at radius 3 is 0.632 bits per heavy atom. The molecule has 0 atom stereocenters. The Balaban J connectivity index is -0.000000242. The maximum atomic E-state index is 11.4. The van der Waals surface area contributed by atoms with Crippen LogP contribution in [-0.2, 0) is 84.2 Å². The average Bonchev–Trinajstić information content (AvgIpc) is 3.25. The first-order valence-corrected chi connectivity index (χ1v) is 27.9. The zero-order chi connectivity index (χ0) is 65.4. The fraction of sp³-hybridized carbons (Fsp3) is 0.194. The molecule has 0 unspecified atom stereocenters. The van der Waals surface area contributed by atoms with E-state index in [1.807, 2.05) is 226 Å². The fourth-order valence-corrected chi connectivity index (χ4v) is 6.24. The van der Waals surface area contributed by atoms with Crippen molar-refractivity contribution in [2.75, 3.05) is 0 Å². The number of benzene rings is 9. The van der Waals surface area contributed by atoms with E-state index >= 15 is 0 Å². The van der Waals surface area contributed by atoms with Crippen molar-refractivity contribution >= 4 is 24.4 Å². The number of carbonyl (C=O) groups is 4. The summed E-state index contributed by atoms with van der Waals surface area (Å²) in [6, 6.07) is 85.8. The molecule has 9 aromatic rings. The van der Waals surface area contributed by atoms with Crippen molar-refractivity contribution in [1.29, 1.82) is 0 Å². The standard InChI is InChI=1S/C15H15O3.C15H14O3.3C8H8O3.2C7H8.C2H4O2.C2H6.6Li/c2*16-15(17-11-13-7-3-1-4-8-13)18-12-14-9-5-2-6-10-14;3*9-8(10)11-6-7-4-2-1-3-5-7;2*1-7-5-3-2-4-6-7;1-2(3)4;1-2;;;;;;/h1-10,15H,11-12H2;1-10H,11-12H2;2*1-5H,6H2,(H,9,10);1-5,8H,6H2;2*2-6H,1H3;1H3,(H,3,4);1-2H3;;;;;;/q-1;;;;-2;;;;;6*+1/p-3. The van der Waals surface area contributed by atoms with E-state index < -0.39 is 37.4 Å². The summed E-state index contributed by atoms with van der Waals surface area (Å²) in [6.07, 6.45) is -3.63. The molecule has 23 heteroatoms. The number of hydrogen-bond acceptors (Lipinski definition) is 17. The minimum absolute atomic E-state index is 0. The molecule has 472 valence electrons. The van der Waals surface area contributed by atoms with E-state index in [0.29, 0.717) is 0 Å². The topological polar surface area (TPSA) is 271 Å². The van der Waals surface area contributed by atoms with Crippen LogP contribution in [0.3, 0.4) is 0 Å². The third kappa shape index (κ3) is 63.4. The molecule has 0 bridgehead atoms. The summed E-state index contributed by atoms with van der Waals surface area (Å²) in [6.45, 7) is 6.71. The van der Waals surface area contributed by atoms with Crippen LogP contribution in [0.2, 0.25) is 0 Å². The summed E-state index contributed by atoms with van der Waals surface area (Å²) >= 11 is 0. The van der Waals surface area contributed by atoms with Crippen molar-refractivity contribution in [2.24, 2.45) is 0 Å². The molecular weight excluding hydrogens is 1180 g/mol. The Morgan fingerprint density at radius 1 is 0.295 bits per heavy atom. The minimum atomic E-state index is -2.18. The van der Waals surface area contributed by atoms with Gasteiger partial charge in [0.25, 0.3) is 12.3 Å². The van der Waals surface area contributed by atoms with E-state index in [2.05, 4.69) is 52.3 Å². The number of aliphatic carboxylic acids is 1. The quantitative estimate of drug-likeness (QED) is 0.0355. The number of rotatable bonds is 17. The van der Waals surface area contributed by atoms with Crippen LogP contribution in [0.4, 0.5) is 14.4 Å². The smallest absolute Gasteiger partial charge is 0.845 e. The van der Waals surface area contributed by atoms with Gasteiger partial charge in [0.1, 0.15) is 13.2 Å². The number of ether oxygens (including phenoxy) is 7. The van der Waals surface area contributed by atoms with Gasteiger partial charge < -0.3 is 78.2 Å². The van der Waals surface area contributed by atoms with Crippen LogP contribution in [0.25, 0.3) is 0 Å². The summed E-state index contributed by atoms with van der Waals surface area (Å²) in [4.78, 5) is 39.9. The molecule has 95 heavy (non-hydrogen) atoms. The molecule has 0 aliphatic carbocycles. The monoisotopic (exact) mass is 1250 g/mol. The second-order valence-corrected chi connectivity index (χ2v) is 17.6. The molecule has 0 aliphatic rings. The summed E-state index contributed by atoms with van der Waals surface area (Å²) in [7, 11) is 0. The Labute approximate surface area is 631 Å². The second-order valence-electron chi connectivity index (χ2n) is 17.6. The maximum Gasteiger partial charge on any atom is 1.00 e. The number of hydrogen-bond donors (Lipinski definition) is 0. The molecule has 0 fully saturated rings. The van der Waals surface area contributed by atoms with E-state index in [1.54, 1.807) is 36.4 Å². The fourth-order valence-electron chi connectivity index (χ4n) is 6.24. The molecule has 0 N–H and O–H groups in total. The van der Waals surface area contributed by atoms with Crippen molar-refractivity contribution in [2.45, 2.75) is 93.8 Å². The van der Waals surface area contributed by atoms with E-state index in [-0.39, 0.29) is 159 Å². The van der Waals surface area contributed by atoms with Crippen LogP contribution in [0.1, 0.15) is 70.8 Å². The Kier molecular flexibility index (Phi) is 72.4. The first-order chi connectivity index (χ1) is 43.1. The molecule has 17 nitrogen and oxygen atoms in total. The normalized spacial score (nSPS) is 8.82. The van der Waals surface area contributed by atoms with Gasteiger partial charge in [-0.25, -0.2) is 4.79 Å². The van der Waals surface area contributed by atoms with E-state index in [9.17, 15) is 39.9 Å². The molecule has 0 saturated heterocycles. The molecule has 0 radical (unpaired) electrons. The number of carbonyl (C=O) groups excluding carboxylic acids is 4. The van der Waals surface area contributed by atoms with Gasteiger partial charge in [0.2, 0.25) is 0 Å². The van der Waals surface area contributed by atoms with Gasteiger partial charge in [0.15, 0.2) is 0 Å². The SMILES string of the molecule is CC.CC(=O)[O-].Cc1ccccc1.Cc1ccccc1.O=C(OCc1ccccc1)OCc1ccccc1.O=C([O-])OCc1ccccc1.O=C([O-])OCc1ccccc1.[Li+].[Li+].[Li+].[Li+].[Li+].[Li+].[O-]C(OCc1ccccc1)OCc1ccccc1.[O-]C([O-])OCc1ccccc1. The molecule has 0 spiro atoms. The Bertz CT molecular complexity index is 2930. The van der Waals surface area contributed by atoms with Crippen molar-refractivity contribution in [3.8, 4) is 0 Å². The largest absolute Gasteiger partial charge is 1.00 e. The van der Waals surface area contributed by atoms with Crippen LogP contribution in [-0.4, -0.2) is 37.4 Å². The number of carboxylic acids is 1. The summed E-state index contributed by atoms with van der Waals surface area (Å²) in [5, 5.41) is 59.8. The van der Waals surface area contributed by atoms with Crippen LogP contribution >= 0.6 is 0 Å². The Morgan fingerprint density at radius 2 is 0.463 bits per heavy atom. The third-order valence-corrected chi connectivity index (χ3v) is 10.4. The van der Waals surface area contributed by atoms with Crippen LogP contribution in [0, 0.1) is 13.8 Å². The van der Waals surface area contributed by atoms with Gasteiger partial charge in [-0.15, -0.1) is 6.48 Å². The molecule has 0 heterocycles. The predicted molar refractivity (Wildman–Crippen MR) is 327 cm³/mol. The molecule has 0 aliphatic heterocycles. The zero-order valence-electron chi connectivity index (χ0n) is 56.5. The molecule has 9 rings (SSSR count). The van der Waals surface area contributed by atoms with E-state index in [0.717, 1.165) is 45.9 Å². The van der Waals surface area contributed by atoms with Crippen molar-refractivity contribution in [3.63, 3.8) is 0 Å². The van der Waals surface area contributed by atoms with Gasteiger partial charge in [-0.1, -0.05) is 298 Å². The van der Waals surface area contributed by atoms with Gasteiger partial charge in [-0.05, 0) is 59.7 Å². The second kappa shape index (κ2) is 69.0.